The lowest BCUT2D eigenvalue weighted by molar-refractivity contribution is 0.0955. The van der Waals surface area contributed by atoms with E-state index in [-0.39, 0.29) is 12.6 Å². The Hall–Kier alpha value is -2.23. The smallest absolute Gasteiger partial charge is 0.231 e. The van der Waals surface area contributed by atoms with Crippen molar-refractivity contribution in [2.75, 3.05) is 6.79 Å². The quantitative estimate of drug-likeness (QED) is 0.785. The lowest BCUT2D eigenvalue weighted by Gasteiger charge is -1.99. The highest BCUT2D eigenvalue weighted by Gasteiger charge is 2.16. The van der Waals surface area contributed by atoms with Gasteiger partial charge in [0.25, 0.3) is 0 Å². The summed E-state index contributed by atoms with van der Waals surface area (Å²) >= 11 is 0. The van der Waals surface area contributed by atoms with Gasteiger partial charge in [0, 0.05) is 12.0 Å². The maximum Gasteiger partial charge on any atom is 0.231 e. The molecule has 3 rings (SSSR count). The van der Waals surface area contributed by atoms with Crippen LogP contribution in [0.2, 0.25) is 0 Å². The molecule has 1 aliphatic rings. The third kappa shape index (κ3) is 2.21. The van der Waals surface area contributed by atoms with Crippen molar-refractivity contribution in [2.24, 2.45) is 0 Å². The van der Waals surface area contributed by atoms with Crippen LogP contribution in [0.5, 0.6) is 11.5 Å². The number of fused-ring (bicyclic) bond motifs is 1. The average molecular weight is 258 g/mol. The first-order valence-corrected chi connectivity index (χ1v) is 6.29. The molecule has 0 aliphatic carbocycles. The van der Waals surface area contributed by atoms with Crippen LogP contribution in [-0.4, -0.2) is 12.6 Å². The summed E-state index contributed by atoms with van der Waals surface area (Å²) in [6.45, 7) is 2.23. The van der Waals surface area contributed by atoms with Gasteiger partial charge in [-0.25, -0.2) is 0 Å². The second-order valence-corrected chi connectivity index (χ2v) is 4.44. The molecule has 4 heteroatoms. The number of benzene rings is 1. The van der Waals surface area contributed by atoms with Crippen molar-refractivity contribution in [3.8, 4) is 22.6 Å². The summed E-state index contributed by atoms with van der Waals surface area (Å²) in [6, 6.07) is 7.45. The zero-order chi connectivity index (χ0) is 13.2. The van der Waals surface area contributed by atoms with E-state index in [9.17, 15) is 4.79 Å². The van der Waals surface area contributed by atoms with Gasteiger partial charge in [-0.2, -0.15) is 0 Å². The van der Waals surface area contributed by atoms with Gasteiger partial charge in [-0.15, -0.1) is 0 Å². The Morgan fingerprint density at radius 1 is 1.16 bits per heavy atom. The average Bonchev–Trinajstić information content (AvgIpc) is 3.07. The van der Waals surface area contributed by atoms with E-state index in [1.165, 1.54) is 0 Å². The molecule has 0 spiro atoms. The molecule has 1 aliphatic heterocycles. The van der Waals surface area contributed by atoms with E-state index < -0.39 is 0 Å². The maximum absolute atomic E-state index is 11.7. The van der Waals surface area contributed by atoms with Crippen LogP contribution in [-0.2, 0) is 0 Å². The standard InChI is InChI=1S/C15H14O4/c1-2-3-12(16)14-7-11(8-17-14)10-4-5-13-15(6-10)19-9-18-13/h4-8H,2-3,9H2,1H3. The third-order valence-corrected chi connectivity index (χ3v) is 3.06. The van der Waals surface area contributed by atoms with Crippen molar-refractivity contribution < 1.29 is 18.7 Å². The van der Waals surface area contributed by atoms with Crippen LogP contribution < -0.4 is 9.47 Å². The normalized spacial score (nSPS) is 12.7. The van der Waals surface area contributed by atoms with Crippen LogP contribution >= 0.6 is 0 Å². The van der Waals surface area contributed by atoms with E-state index in [1.54, 1.807) is 12.3 Å². The third-order valence-electron chi connectivity index (χ3n) is 3.06. The van der Waals surface area contributed by atoms with Gasteiger partial charge in [0.15, 0.2) is 23.0 Å². The zero-order valence-electron chi connectivity index (χ0n) is 10.6. The highest BCUT2D eigenvalue weighted by atomic mass is 16.7. The highest BCUT2D eigenvalue weighted by molar-refractivity contribution is 5.94. The first-order valence-electron chi connectivity index (χ1n) is 6.29. The molecule has 0 unspecified atom stereocenters. The Morgan fingerprint density at radius 3 is 2.84 bits per heavy atom. The van der Waals surface area contributed by atoms with Gasteiger partial charge in [0.2, 0.25) is 6.79 Å². The Morgan fingerprint density at radius 2 is 2.00 bits per heavy atom. The Labute approximate surface area is 110 Å². The van der Waals surface area contributed by atoms with E-state index in [0.717, 1.165) is 29.0 Å². The summed E-state index contributed by atoms with van der Waals surface area (Å²) < 4.78 is 15.9. The number of hydrogen-bond acceptors (Lipinski definition) is 4. The van der Waals surface area contributed by atoms with Gasteiger partial charge >= 0.3 is 0 Å². The fraction of sp³-hybridized carbons (Fsp3) is 0.267. The van der Waals surface area contributed by atoms with Gasteiger partial charge in [-0.1, -0.05) is 13.0 Å². The first-order chi connectivity index (χ1) is 9.28. The number of ether oxygens (including phenoxy) is 2. The molecular weight excluding hydrogens is 244 g/mol. The van der Waals surface area contributed by atoms with Crippen molar-refractivity contribution >= 4 is 5.78 Å². The Bertz CT molecular complexity index is 612. The van der Waals surface area contributed by atoms with Gasteiger partial charge in [-0.05, 0) is 30.2 Å². The summed E-state index contributed by atoms with van der Waals surface area (Å²) in [6.07, 6.45) is 2.92. The Kier molecular flexibility index (Phi) is 2.99. The molecule has 0 saturated heterocycles. The van der Waals surface area contributed by atoms with Gasteiger partial charge in [-0.3, -0.25) is 4.79 Å². The molecule has 0 radical (unpaired) electrons. The molecule has 4 nitrogen and oxygen atoms in total. The maximum atomic E-state index is 11.7. The van der Waals surface area contributed by atoms with Crippen LogP contribution in [0, 0.1) is 0 Å². The second-order valence-electron chi connectivity index (χ2n) is 4.44. The largest absolute Gasteiger partial charge is 0.461 e. The van der Waals surface area contributed by atoms with E-state index in [0.29, 0.717) is 12.2 Å². The molecule has 0 saturated carbocycles. The molecule has 1 aromatic carbocycles. The number of hydrogen-bond donors (Lipinski definition) is 0. The van der Waals surface area contributed by atoms with Crippen molar-refractivity contribution in [3.05, 3.63) is 36.3 Å². The van der Waals surface area contributed by atoms with Crippen molar-refractivity contribution in [2.45, 2.75) is 19.8 Å². The second kappa shape index (κ2) is 4.80. The Balaban J connectivity index is 1.88. The van der Waals surface area contributed by atoms with Crippen LogP contribution in [0.4, 0.5) is 0 Å². The summed E-state index contributed by atoms with van der Waals surface area (Å²) in [5.41, 5.74) is 1.82. The molecular formula is C15H14O4. The molecule has 0 atom stereocenters. The van der Waals surface area contributed by atoms with Crippen LogP contribution in [0.25, 0.3) is 11.1 Å². The van der Waals surface area contributed by atoms with Gasteiger partial charge < -0.3 is 13.9 Å². The summed E-state index contributed by atoms with van der Waals surface area (Å²) in [4.78, 5) is 11.7. The SMILES string of the molecule is CCCC(=O)c1cc(-c2ccc3c(c2)OCO3)co1. The number of rotatable bonds is 4. The molecule has 0 amide bonds. The molecule has 1 aromatic heterocycles. The molecule has 0 fully saturated rings. The fourth-order valence-corrected chi connectivity index (χ4v) is 2.06. The predicted octanol–water partition coefficient (Wildman–Crippen LogP) is 3.66. The summed E-state index contributed by atoms with van der Waals surface area (Å²) in [7, 11) is 0. The lowest BCUT2D eigenvalue weighted by Crippen LogP contribution is -1.94. The molecule has 2 heterocycles. The van der Waals surface area contributed by atoms with Crippen molar-refractivity contribution in [1.29, 1.82) is 0 Å². The minimum atomic E-state index is 0.0366. The number of furan rings is 1. The minimum Gasteiger partial charge on any atom is -0.461 e. The number of carbonyl (C=O) groups excluding carboxylic acids is 1. The van der Waals surface area contributed by atoms with Crippen LogP contribution in [0.1, 0.15) is 30.3 Å². The van der Waals surface area contributed by atoms with Crippen molar-refractivity contribution in [3.63, 3.8) is 0 Å². The molecule has 0 N–H and O–H groups in total. The van der Waals surface area contributed by atoms with E-state index in [2.05, 4.69) is 0 Å². The first kappa shape index (κ1) is 11.8. The fourth-order valence-electron chi connectivity index (χ4n) is 2.06. The lowest BCUT2D eigenvalue weighted by atomic mass is 10.1. The van der Waals surface area contributed by atoms with Gasteiger partial charge in [0.1, 0.15) is 0 Å². The van der Waals surface area contributed by atoms with Crippen LogP contribution in [0.3, 0.4) is 0 Å². The molecule has 98 valence electrons. The summed E-state index contributed by atoms with van der Waals surface area (Å²) in [5, 5.41) is 0. The highest BCUT2D eigenvalue weighted by Crippen LogP contribution is 2.36. The number of ketones is 1. The summed E-state index contributed by atoms with van der Waals surface area (Å²) in [5.74, 6) is 1.92. The molecule has 0 bridgehead atoms. The van der Waals surface area contributed by atoms with Crippen LogP contribution in [0.15, 0.2) is 34.9 Å². The molecule has 2 aromatic rings. The predicted molar refractivity (Wildman–Crippen MR) is 69.5 cm³/mol. The van der Waals surface area contributed by atoms with E-state index in [1.807, 2.05) is 25.1 Å². The van der Waals surface area contributed by atoms with Crippen molar-refractivity contribution in [1.82, 2.24) is 0 Å². The van der Waals surface area contributed by atoms with E-state index >= 15 is 0 Å². The number of Topliss-reactive ketones (excluding diaryl/α,β-unsaturated/α-hetero) is 1. The monoisotopic (exact) mass is 258 g/mol. The zero-order valence-corrected chi connectivity index (χ0v) is 10.6. The van der Waals surface area contributed by atoms with Gasteiger partial charge in [0.05, 0.1) is 6.26 Å². The van der Waals surface area contributed by atoms with E-state index in [4.69, 9.17) is 13.9 Å². The topological polar surface area (TPSA) is 48.7 Å². The number of carbonyl (C=O) groups is 1. The minimum absolute atomic E-state index is 0.0366. The molecule has 19 heavy (non-hydrogen) atoms.